The first-order valence-corrected chi connectivity index (χ1v) is 7.43. The highest BCUT2D eigenvalue weighted by Crippen LogP contribution is 2.24. The molecule has 19 heavy (non-hydrogen) atoms. The third-order valence-electron chi connectivity index (χ3n) is 2.79. The summed E-state index contributed by atoms with van der Waals surface area (Å²) in [6.07, 6.45) is 2.14. The molecule has 0 radical (unpaired) electrons. The largest absolute Gasteiger partial charge is 0.368 e. The number of nitrogens with zero attached hydrogens (tertiary/aromatic N) is 3. The Hall–Kier alpha value is -1.97. The number of nitrogens with one attached hydrogen (secondary N) is 1. The first-order chi connectivity index (χ1) is 8.87. The quantitative estimate of drug-likeness (QED) is 0.582. The van der Waals surface area contributed by atoms with Crippen molar-refractivity contribution in [3.8, 4) is 0 Å². The highest BCUT2D eigenvalue weighted by atomic mass is 32.2. The van der Waals surface area contributed by atoms with E-state index in [-0.39, 0.29) is 29.0 Å². The van der Waals surface area contributed by atoms with E-state index >= 15 is 0 Å². The standard InChI is InChI=1S/C9H13N5O4S/c10-9-11-4-7(14(15)16)8(13-9)12-6-2-1-3-19(17,18)5-6/h4,6H,1-3,5H2,(H3,10,11,12,13). The van der Waals surface area contributed by atoms with Gasteiger partial charge in [0.1, 0.15) is 6.20 Å². The van der Waals surface area contributed by atoms with E-state index in [1.165, 1.54) is 0 Å². The topological polar surface area (TPSA) is 141 Å². The molecule has 1 aliphatic rings. The molecule has 0 aromatic carbocycles. The number of nitro groups is 1. The molecule has 9 nitrogen and oxygen atoms in total. The van der Waals surface area contributed by atoms with Crippen LogP contribution in [-0.2, 0) is 9.84 Å². The van der Waals surface area contributed by atoms with E-state index in [0.29, 0.717) is 12.8 Å². The molecule has 0 amide bonds. The molecule has 1 unspecified atom stereocenters. The van der Waals surface area contributed by atoms with Crippen molar-refractivity contribution in [1.29, 1.82) is 0 Å². The van der Waals surface area contributed by atoms with Gasteiger partial charge < -0.3 is 11.1 Å². The van der Waals surface area contributed by atoms with Crippen molar-refractivity contribution in [2.24, 2.45) is 0 Å². The van der Waals surface area contributed by atoms with Crippen molar-refractivity contribution in [2.45, 2.75) is 18.9 Å². The number of rotatable bonds is 3. The van der Waals surface area contributed by atoms with E-state index in [2.05, 4.69) is 15.3 Å². The van der Waals surface area contributed by atoms with Crippen LogP contribution in [0.4, 0.5) is 17.5 Å². The molecule has 1 saturated heterocycles. The predicted molar refractivity (Wildman–Crippen MR) is 68.4 cm³/mol. The summed E-state index contributed by atoms with van der Waals surface area (Å²) in [6.45, 7) is 0. The monoisotopic (exact) mass is 287 g/mol. The van der Waals surface area contributed by atoms with Crippen LogP contribution in [0.5, 0.6) is 0 Å². The zero-order valence-electron chi connectivity index (χ0n) is 9.94. The molecule has 2 rings (SSSR count). The molecule has 1 fully saturated rings. The van der Waals surface area contributed by atoms with Gasteiger partial charge in [-0.15, -0.1) is 0 Å². The van der Waals surface area contributed by atoms with Crippen LogP contribution in [-0.4, -0.2) is 40.9 Å². The summed E-state index contributed by atoms with van der Waals surface area (Å²) in [6, 6.07) is -0.397. The molecule has 1 aliphatic heterocycles. The summed E-state index contributed by atoms with van der Waals surface area (Å²) in [5, 5.41) is 13.6. The predicted octanol–water partition coefficient (Wildman–Crippen LogP) is -0.0439. The van der Waals surface area contributed by atoms with Crippen LogP contribution in [0.15, 0.2) is 6.20 Å². The highest BCUT2D eigenvalue weighted by molar-refractivity contribution is 7.91. The van der Waals surface area contributed by atoms with Gasteiger partial charge in [-0.05, 0) is 12.8 Å². The second kappa shape index (κ2) is 4.96. The summed E-state index contributed by atoms with van der Waals surface area (Å²) >= 11 is 0. The molecule has 2 heterocycles. The molecule has 0 bridgehead atoms. The number of nitrogens with two attached hydrogens (primary N) is 1. The molecule has 0 aliphatic carbocycles. The third kappa shape index (κ3) is 3.28. The normalized spacial score (nSPS) is 21.8. The Balaban J connectivity index is 2.23. The van der Waals surface area contributed by atoms with Crippen molar-refractivity contribution < 1.29 is 13.3 Å². The van der Waals surface area contributed by atoms with Crippen LogP contribution >= 0.6 is 0 Å². The van der Waals surface area contributed by atoms with Crippen LogP contribution in [0.1, 0.15) is 12.8 Å². The second-order valence-electron chi connectivity index (χ2n) is 4.32. The summed E-state index contributed by atoms with van der Waals surface area (Å²) in [5.74, 6) is -0.0564. The van der Waals surface area contributed by atoms with Crippen molar-refractivity contribution in [1.82, 2.24) is 9.97 Å². The molecule has 3 N–H and O–H groups in total. The fraction of sp³-hybridized carbons (Fsp3) is 0.556. The maximum atomic E-state index is 11.5. The van der Waals surface area contributed by atoms with Gasteiger partial charge in [0.2, 0.25) is 11.8 Å². The second-order valence-corrected chi connectivity index (χ2v) is 6.55. The number of nitrogen functional groups attached to an aromatic ring is 1. The number of sulfone groups is 1. The van der Waals surface area contributed by atoms with E-state index < -0.39 is 20.8 Å². The lowest BCUT2D eigenvalue weighted by Gasteiger charge is -2.23. The Kier molecular flexibility index (Phi) is 3.51. The highest BCUT2D eigenvalue weighted by Gasteiger charge is 2.27. The van der Waals surface area contributed by atoms with Gasteiger partial charge in [-0.25, -0.2) is 13.4 Å². The zero-order valence-corrected chi connectivity index (χ0v) is 10.8. The van der Waals surface area contributed by atoms with Gasteiger partial charge in [0, 0.05) is 6.04 Å². The van der Waals surface area contributed by atoms with Crippen molar-refractivity contribution in [2.75, 3.05) is 22.6 Å². The minimum Gasteiger partial charge on any atom is -0.368 e. The minimum atomic E-state index is -3.10. The Morgan fingerprint density at radius 2 is 2.26 bits per heavy atom. The summed E-state index contributed by atoms with van der Waals surface area (Å²) in [7, 11) is -3.10. The fourth-order valence-electron chi connectivity index (χ4n) is 1.96. The van der Waals surface area contributed by atoms with E-state index in [1.54, 1.807) is 0 Å². The lowest BCUT2D eigenvalue weighted by Crippen LogP contribution is -2.35. The molecule has 104 valence electrons. The van der Waals surface area contributed by atoms with Crippen molar-refractivity contribution >= 4 is 27.3 Å². The van der Waals surface area contributed by atoms with Crippen LogP contribution in [0, 0.1) is 10.1 Å². The summed E-state index contributed by atoms with van der Waals surface area (Å²) in [4.78, 5) is 17.5. The Morgan fingerprint density at radius 3 is 2.89 bits per heavy atom. The Labute approximate surface area is 109 Å². The van der Waals surface area contributed by atoms with Crippen LogP contribution < -0.4 is 11.1 Å². The molecular weight excluding hydrogens is 274 g/mol. The van der Waals surface area contributed by atoms with E-state index in [9.17, 15) is 18.5 Å². The summed E-state index contributed by atoms with van der Waals surface area (Å²) in [5.41, 5.74) is 5.06. The van der Waals surface area contributed by atoms with Crippen LogP contribution in [0.25, 0.3) is 0 Å². The fourth-order valence-corrected chi connectivity index (χ4v) is 3.60. The molecular formula is C9H13N5O4S. The molecule has 0 saturated carbocycles. The number of anilines is 2. The first kappa shape index (κ1) is 13.5. The van der Waals surface area contributed by atoms with E-state index in [1.807, 2.05) is 0 Å². The van der Waals surface area contributed by atoms with Gasteiger partial charge in [0.15, 0.2) is 9.84 Å². The first-order valence-electron chi connectivity index (χ1n) is 5.61. The van der Waals surface area contributed by atoms with Gasteiger partial charge in [-0.2, -0.15) is 4.98 Å². The SMILES string of the molecule is Nc1ncc([N+](=O)[O-])c(NC2CCCS(=O)(=O)C2)n1. The van der Waals surface area contributed by atoms with Gasteiger partial charge in [0.25, 0.3) is 0 Å². The number of aromatic nitrogens is 2. The number of hydrogen-bond donors (Lipinski definition) is 2. The Morgan fingerprint density at radius 1 is 1.53 bits per heavy atom. The molecule has 0 spiro atoms. The summed E-state index contributed by atoms with van der Waals surface area (Å²) < 4.78 is 23.0. The Bertz CT molecular complexity index is 603. The lowest BCUT2D eigenvalue weighted by atomic mass is 10.2. The van der Waals surface area contributed by atoms with Gasteiger partial charge >= 0.3 is 5.69 Å². The maximum absolute atomic E-state index is 11.5. The van der Waals surface area contributed by atoms with Gasteiger partial charge in [-0.1, -0.05) is 0 Å². The molecule has 1 atom stereocenters. The van der Waals surface area contributed by atoms with E-state index in [4.69, 9.17) is 5.73 Å². The van der Waals surface area contributed by atoms with Crippen LogP contribution in [0.2, 0.25) is 0 Å². The van der Waals surface area contributed by atoms with E-state index in [0.717, 1.165) is 6.20 Å². The zero-order chi connectivity index (χ0) is 14.0. The third-order valence-corrected chi connectivity index (χ3v) is 4.61. The average Bonchev–Trinajstić information content (AvgIpc) is 2.27. The maximum Gasteiger partial charge on any atom is 0.329 e. The minimum absolute atomic E-state index is 0.0420. The molecule has 1 aromatic heterocycles. The van der Waals surface area contributed by atoms with Gasteiger partial charge in [-0.3, -0.25) is 10.1 Å². The average molecular weight is 287 g/mol. The lowest BCUT2D eigenvalue weighted by molar-refractivity contribution is -0.384. The number of hydrogen-bond acceptors (Lipinski definition) is 8. The van der Waals surface area contributed by atoms with Gasteiger partial charge in [0.05, 0.1) is 16.4 Å². The molecule has 10 heteroatoms. The van der Waals surface area contributed by atoms with Crippen LogP contribution in [0.3, 0.4) is 0 Å². The van der Waals surface area contributed by atoms with Crippen molar-refractivity contribution in [3.05, 3.63) is 16.3 Å². The van der Waals surface area contributed by atoms with Crippen molar-refractivity contribution in [3.63, 3.8) is 0 Å². The molecule has 1 aromatic rings. The smallest absolute Gasteiger partial charge is 0.329 e.